The average molecular weight is 472 g/mol. The molecule has 0 spiro atoms. The predicted molar refractivity (Wildman–Crippen MR) is 112 cm³/mol. The Morgan fingerprint density at radius 2 is 2.00 bits per heavy atom. The first kappa shape index (κ1) is 20.7. The van der Waals surface area contributed by atoms with Crippen molar-refractivity contribution in [1.82, 2.24) is 14.8 Å². The summed E-state index contributed by atoms with van der Waals surface area (Å²) in [7, 11) is 3.80. The van der Waals surface area contributed by atoms with Crippen molar-refractivity contribution < 1.29 is 9.13 Å². The summed E-state index contributed by atoms with van der Waals surface area (Å²) in [4.78, 5) is 6.62. The second-order valence-corrected chi connectivity index (χ2v) is 6.48. The Hall–Kier alpha value is -1.61. The minimum Gasteiger partial charge on any atom is -0.367 e. The number of hydrogen-bond donors (Lipinski definition) is 1. The molecule has 26 heavy (non-hydrogen) atoms. The van der Waals surface area contributed by atoms with Crippen molar-refractivity contribution >= 4 is 29.9 Å². The van der Waals surface area contributed by atoms with Crippen LogP contribution in [0, 0.1) is 5.82 Å². The van der Waals surface area contributed by atoms with Crippen LogP contribution < -0.4 is 5.32 Å². The summed E-state index contributed by atoms with van der Waals surface area (Å²) in [6, 6.07) is 8.62. The van der Waals surface area contributed by atoms with E-state index >= 15 is 0 Å². The minimum absolute atomic E-state index is 0. The maximum atomic E-state index is 13.2. The molecule has 0 aliphatic carbocycles. The molecule has 1 N–H and O–H groups in total. The van der Waals surface area contributed by atoms with E-state index in [0.29, 0.717) is 6.54 Å². The Bertz CT molecular complexity index is 731. The number of hydrogen-bond acceptors (Lipinski definition) is 2. The number of aromatic nitrogens is 1. The second kappa shape index (κ2) is 9.36. The Labute approximate surface area is 171 Å². The summed E-state index contributed by atoms with van der Waals surface area (Å²) in [5, 5.41) is 3.42. The van der Waals surface area contributed by atoms with Gasteiger partial charge < -0.3 is 19.5 Å². The highest BCUT2D eigenvalue weighted by Gasteiger charge is 2.28. The Kier molecular flexibility index (Phi) is 7.45. The fraction of sp³-hybridized carbons (Fsp3) is 0.421. The molecule has 1 aliphatic rings. The van der Waals surface area contributed by atoms with Crippen molar-refractivity contribution in [3.05, 3.63) is 59.7 Å². The molecule has 1 saturated heterocycles. The number of halogens is 2. The van der Waals surface area contributed by atoms with Gasteiger partial charge in [0.05, 0.1) is 12.6 Å². The van der Waals surface area contributed by atoms with Gasteiger partial charge in [0.1, 0.15) is 11.9 Å². The first-order chi connectivity index (χ1) is 12.0. The lowest BCUT2D eigenvalue weighted by molar-refractivity contribution is -0.0605. The molecule has 0 saturated carbocycles. The van der Waals surface area contributed by atoms with Gasteiger partial charge in [-0.3, -0.25) is 4.99 Å². The van der Waals surface area contributed by atoms with Crippen LogP contribution in [0.3, 0.4) is 0 Å². The molecular weight excluding hydrogens is 446 g/mol. The van der Waals surface area contributed by atoms with Crippen molar-refractivity contribution in [3.63, 3.8) is 0 Å². The van der Waals surface area contributed by atoms with Gasteiger partial charge in [0.15, 0.2) is 5.96 Å². The maximum Gasteiger partial charge on any atom is 0.194 e. The maximum absolute atomic E-state index is 13.2. The molecule has 1 aromatic carbocycles. The molecule has 5 nitrogen and oxygen atoms in total. The number of morpholine rings is 1. The standard InChI is InChI=1S/C19H25FN4O.HI/c1-14-11-24(13-18(25-14)16-4-6-17(20)7-5-16)19(21-2)22-10-15-8-9-23(3)12-15;/h4-9,12,14,18H,10-11,13H2,1-3H3,(H,21,22);1H. The SMILES string of the molecule is CN=C(NCc1ccn(C)c1)N1CC(C)OC(c2ccc(F)cc2)C1.I. The molecule has 2 heterocycles. The zero-order chi connectivity index (χ0) is 17.8. The van der Waals surface area contributed by atoms with Crippen molar-refractivity contribution in [2.75, 3.05) is 20.1 Å². The molecular formula is C19H26FIN4O. The molecule has 1 aromatic heterocycles. The molecule has 2 unspecified atom stereocenters. The van der Waals surface area contributed by atoms with E-state index in [2.05, 4.69) is 27.5 Å². The molecule has 0 radical (unpaired) electrons. The van der Waals surface area contributed by atoms with Crippen LogP contribution in [0.15, 0.2) is 47.7 Å². The number of nitrogens with one attached hydrogen (secondary N) is 1. The van der Waals surface area contributed by atoms with Gasteiger partial charge in [-0.1, -0.05) is 12.1 Å². The van der Waals surface area contributed by atoms with Gasteiger partial charge in [-0.2, -0.15) is 0 Å². The topological polar surface area (TPSA) is 41.8 Å². The summed E-state index contributed by atoms with van der Waals surface area (Å²) in [5.74, 6) is 0.621. The molecule has 2 atom stereocenters. The number of rotatable bonds is 3. The highest BCUT2D eigenvalue weighted by Crippen LogP contribution is 2.25. The van der Waals surface area contributed by atoms with E-state index in [1.54, 1.807) is 19.2 Å². The molecule has 0 amide bonds. The predicted octanol–water partition coefficient (Wildman–Crippen LogP) is 3.32. The van der Waals surface area contributed by atoms with Crippen LogP contribution in [-0.4, -0.2) is 41.7 Å². The summed E-state index contributed by atoms with van der Waals surface area (Å²) < 4.78 is 21.3. The second-order valence-electron chi connectivity index (χ2n) is 6.48. The third-order valence-corrected chi connectivity index (χ3v) is 4.36. The van der Waals surface area contributed by atoms with Crippen LogP contribution in [0.2, 0.25) is 0 Å². The molecule has 3 rings (SSSR count). The van der Waals surface area contributed by atoms with Crippen LogP contribution in [0.5, 0.6) is 0 Å². The van der Waals surface area contributed by atoms with Crippen LogP contribution in [0.4, 0.5) is 4.39 Å². The van der Waals surface area contributed by atoms with Crippen LogP contribution >= 0.6 is 24.0 Å². The quantitative estimate of drug-likeness (QED) is 0.424. The molecule has 2 aromatic rings. The zero-order valence-corrected chi connectivity index (χ0v) is 17.7. The number of nitrogens with zero attached hydrogens (tertiary/aromatic N) is 3. The number of guanidine groups is 1. The van der Waals surface area contributed by atoms with Gasteiger partial charge in [-0.15, -0.1) is 24.0 Å². The number of aliphatic imine (C=N–C) groups is 1. The smallest absolute Gasteiger partial charge is 0.194 e. The van der Waals surface area contributed by atoms with Gasteiger partial charge in [0.2, 0.25) is 0 Å². The fourth-order valence-corrected chi connectivity index (χ4v) is 3.16. The Morgan fingerprint density at radius 3 is 2.62 bits per heavy atom. The number of ether oxygens (including phenoxy) is 1. The largest absolute Gasteiger partial charge is 0.367 e. The van der Waals surface area contributed by atoms with Gasteiger partial charge in [0, 0.05) is 39.6 Å². The third kappa shape index (κ3) is 5.20. The molecule has 142 valence electrons. The molecule has 7 heteroatoms. The first-order valence-corrected chi connectivity index (χ1v) is 8.52. The minimum atomic E-state index is -0.232. The van der Waals surface area contributed by atoms with E-state index in [4.69, 9.17) is 4.74 Å². The molecule has 1 aliphatic heterocycles. The summed E-state index contributed by atoms with van der Waals surface area (Å²) in [5.41, 5.74) is 2.19. The van der Waals surface area contributed by atoms with Gasteiger partial charge in [-0.25, -0.2) is 4.39 Å². The fourth-order valence-electron chi connectivity index (χ4n) is 3.16. The highest BCUT2D eigenvalue weighted by molar-refractivity contribution is 14.0. The zero-order valence-electron chi connectivity index (χ0n) is 15.4. The summed E-state index contributed by atoms with van der Waals surface area (Å²) in [6.07, 6.45) is 4.09. The van der Waals surface area contributed by atoms with Crippen LogP contribution in [0.25, 0.3) is 0 Å². The van der Waals surface area contributed by atoms with E-state index in [1.165, 1.54) is 17.7 Å². The number of aryl methyl sites for hydroxylation is 1. The summed E-state index contributed by atoms with van der Waals surface area (Å²) in [6.45, 7) is 4.23. The van der Waals surface area contributed by atoms with Crippen LogP contribution in [0.1, 0.15) is 24.2 Å². The third-order valence-electron chi connectivity index (χ3n) is 4.36. The van der Waals surface area contributed by atoms with Gasteiger partial charge in [0.25, 0.3) is 0 Å². The highest BCUT2D eigenvalue weighted by atomic mass is 127. The lowest BCUT2D eigenvalue weighted by Crippen LogP contribution is -2.50. The van der Waals surface area contributed by atoms with Crippen LogP contribution in [-0.2, 0) is 18.3 Å². The first-order valence-electron chi connectivity index (χ1n) is 8.52. The lowest BCUT2D eigenvalue weighted by Gasteiger charge is -2.38. The van der Waals surface area contributed by atoms with E-state index in [0.717, 1.165) is 24.6 Å². The monoisotopic (exact) mass is 472 g/mol. The lowest BCUT2D eigenvalue weighted by atomic mass is 10.1. The van der Waals surface area contributed by atoms with Crippen molar-refractivity contribution in [1.29, 1.82) is 0 Å². The van der Waals surface area contributed by atoms with E-state index in [9.17, 15) is 4.39 Å². The number of benzene rings is 1. The Morgan fingerprint density at radius 1 is 1.27 bits per heavy atom. The van der Waals surface area contributed by atoms with E-state index in [1.807, 2.05) is 24.7 Å². The van der Waals surface area contributed by atoms with Gasteiger partial charge >= 0.3 is 0 Å². The van der Waals surface area contributed by atoms with E-state index < -0.39 is 0 Å². The normalized spacial score (nSPS) is 20.6. The summed E-state index contributed by atoms with van der Waals surface area (Å²) >= 11 is 0. The van der Waals surface area contributed by atoms with Crippen molar-refractivity contribution in [2.45, 2.75) is 25.7 Å². The van der Waals surface area contributed by atoms with Crippen molar-refractivity contribution in [3.8, 4) is 0 Å². The van der Waals surface area contributed by atoms with E-state index in [-0.39, 0.29) is 42.0 Å². The molecule has 1 fully saturated rings. The Balaban J connectivity index is 0.00000243. The molecule has 0 bridgehead atoms. The average Bonchev–Trinajstić information content (AvgIpc) is 3.01. The van der Waals surface area contributed by atoms with Crippen molar-refractivity contribution in [2.24, 2.45) is 12.0 Å². The van der Waals surface area contributed by atoms with Gasteiger partial charge in [-0.05, 0) is 36.2 Å².